The van der Waals surface area contributed by atoms with Gasteiger partial charge in [0.2, 0.25) is 0 Å². The van der Waals surface area contributed by atoms with Crippen LogP contribution in [-0.4, -0.2) is 24.5 Å². The van der Waals surface area contributed by atoms with E-state index < -0.39 is 18.2 Å². The molecular formula is C12H13FO3. The first-order valence-electron chi connectivity index (χ1n) is 4.83. The van der Waals surface area contributed by atoms with Gasteiger partial charge in [-0.05, 0) is 26.0 Å². The van der Waals surface area contributed by atoms with Gasteiger partial charge >= 0.3 is 5.97 Å². The fraction of sp³-hybridized carbons (Fsp3) is 0.333. The molecule has 0 aliphatic heterocycles. The summed E-state index contributed by atoms with van der Waals surface area (Å²) in [6.45, 7) is 2.24. The Morgan fingerprint density at radius 1 is 1.38 bits per heavy atom. The average Bonchev–Trinajstić information content (AvgIpc) is 2.28. The molecule has 0 aliphatic carbocycles. The Morgan fingerprint density at radius 2 is 1.94 bits per heavy atom. The van der Waals surface area contributed by atoms with E-state index >= 15 is 0 Å². The summed E-state index contributed by atoms with van der Waals surface area (Å²) < 4.78 is 17.4. The Balaban J connectivity index is 2.77. The number of benzene rings is 1. The molecule has 16 heavy (non-hydrogen) atoms. The van der Waals surface area contributed by atoms with E-state index in [0.717, 1.165) is 0 Å². The molecule has 0 saturated carbocycles. The lowest BCUT2D eigenvalue weighted by Crippen LogP contribution is -2.30. The zero-order valence-corrected chi connectivity index (χ0v) is 9.20. The molecule has 0 heterocycles. The highest BCUT2D eigenvalue weighted by Crippen LogP contribution is 2.14. The molecule has 1 aromatic carbocycles. The lowest BCUT2D eigenvalue weighted by atomic mass is 10.1. The predicted octanol–water partition coefficient (Wildman–Crippen LogP) is 2.40. The summed E-state index contributed by atoms with van der Waals surface area (Å²) in [6, 6.07) is 5.96. The van der Waals surface area contributed by atoms with Crippen LogP contribution in [0.15, 0.2) is 24.3 Å². The van der Waals surface area contributed by atoms with Crippen LogP contribution in [0, 0.1) is 0 Å². The third kappa shape index (κ3) is 3.15. The molecule has 0 spiro atoms. The van der Waals surface area contributed by atoms with Crippen LogP contribution in [0.1, 0.15) is 34.6 Å². The first-order chi connectivity index (χ1) is 7.48. The summed E-state index contributed by atoms with van der Waals surface area (Å²) in [7, 11) is 0. The van der Waals surface area contributed by atoms with Crippen molar-refractivity contribution in [2.45, 2.75) is 19.4 Å². The first kappa shape index (κ1) is 12.4. The number of rotatable bonds is 4. The van der Waals surface area contributed by atoms with E-state index in [1.54, 1.807) is 0 Å². The van der Waals surface area contributed by atoms with Crippen LogP contribution in [0.5, 0.6) is 0 Å². The van der Waals surface area contributed by atoms with E-state index in [-0.39, 0.29) is 0 Å². The van der Waals surface area contributed by atoms with Crippen LogP contribution < -0.4 is 0 Å². The first-order valence-corrected chi connectivity index (χ1v) is 4.83. The summed E-state index contributed by atoms with van der Waals surface area (Å²) in [6.07, 6.45) is 0.681. The number of carbonyl (C=O) groups is 2. The maximum atomic E-state index is 12.4. The SMILES string of the molecule is CC(C)(CF)OC(=O)c1ccc(C=O)cc1. The van der Waals surface area contributed by atoms with Crippen molar-refractivity contribution < 1.29 is 18.7 Å². The van der Waals surface area contributed by atoms with Gasteiger partial charge < -0.3 is 4.74 Å². The Labute approximate surface area is 93.2 Å². The third-order valence-electron chi connectivity index (χ3n) is 1.97. The minimum atomic E-state index is -1.12. The normalized spacial score (nSPS) is 10.9. The fourth-order valence-electron chi connectivity index (χ4n) is 1.03. The average molecular weight is 224 g/mol. The van der Waals surface area contributed by atoms with Crippen LogP contribution in [0.4, 0.5) is 4.39 Å². The predicted molar refractivity (Wildman–Crippen MR) is 57.3 cm³/mol. The van der Waals surface area contributed by atoms with Crippen molar-refractivity contribution in [3.63, 3.8) is 0 Å². The molecule has 4 heteroatoms. The van der Waals surface area contributed by atoms with Crippen LogP contribution in [0.3, 0.4) is 0 Å². The Hall–Kier alpha value is -1.71. The molecule has 0 aromatic heterocycles. The molecule has 0 bridgehead atoms. The zero-order valence-electron chi connectivity index (χ0n) is 9.20. The van der Waals surface area contributed by atoms with Crippen molar-refractivity contribution >= 4 is 12.3 Å². The van der Waals surface area contributed by atoms with Gasteiger partial charge in [-0.15, -0.1) is 0 Å². The Kier molecular flexibility index (Phi) is 3.77. The molecule has 86 valence electrons. The summed E-state index contributed by atoms with van der Waals surface area (Å²) in [5.74, 6) is -0.597. The number of hydrogen-bond acceptors (Lipinski definition) is 3. The van der Waals surface area contributed by atoms with Gasteiger partial charge in [0.05, 0.1) is 5.56 Å². The van der Waals surface area contributed by atoms with E-state index in [1.807, 2.05) is 0 Å². The molecule has 1 rings (SSSR count). The summed E-state index contributed by atoms with van der Waals surface area (Å²) >= 11 is 0. The summed E-state index contributed by atoms with van der Waals surface area (Å²) in [5.41, 5.74) is -0.353. The van der Waals surface area contributed by atoms with Gasteiger partial charge in [0.15, 0.2) is 0 Å². The van der Waals surface area contributed by atoms with Crippen molar-refractivity contribution in [1.82, 2.24) is 0 Å². The molecule has 0 fully saturated rings. The molecule has 0 N–H and O–H groups in total. The molecule has 0 saturated heterocycles. The van der Waals surface area contributed by atoms with Crippen LogP contribution in [0.25, 0.3) is 0 Å². The van der Waals surface area contributed by atoms with Crippen molar-refractivity contribution in [1.29, 1.82) is 0 Å². The van der Waals surface area contributed by atoms with Crippen molar-refractivity contribution in [3.8, 4) is 0 Å². The number of ether oxygens (including phenoxy) is 1. The number of carbonyl (C=O) groups excluding carboxylic acids is 2. The standard InChI is InChI=1S/C12H13FO3/c1-12(2,8-13)16-11(15)10-5-3-9(7-14)4-6-10/h3-7H,8H2,1-2H3. The highest BCUT2D eigenvalue weighted by atomic mass is 19.1. The Morgan fingerprint density at radius 3 is 2.38 bits per heavy atom. The molecule has 0 radical (unpaired) electrons. The number of hydrogen-bond donors (Lipinski definition) is 0. The van der Waals surface area contributed by atoms with Crippen LogP contribution in [-0.2, 0) is 4.74 Å². The van der Waals surface area contributed by atoms with Gasteiger partial charge in [0, 0.05) is 5.56 Å². The maximum Gasteiger partial charge on any atom is 0.338 e. The van der Waals surface area contributed by atoms with E-state index in [1.165, 1.54) is 38.1 Å². The third-order valence-corrected chi connectivity index (χ3v) is 1.97. The second kappa shape index (κ2) is 4.88. The summed E-state index contributed by atoms with van der Waals surface area (Å²) in [4.78, 5) is 21.9. The van der Waals surface area contributed by atoms with Crippen LogP contribution >= 0.6 is 0 Å². The van der Waals surface area contributed by atoms with Crippen molar-refractivity contribution in [3.05, 3.63) is 35.4 Å². The maximum absolute atomic E-state index is 12.4. The molecule has 0 unspecified atom stereocenters. The minimum Gasteiger partial charge on any atom is -0.453 e. The van der Waals surface area contributed by atoms with E-state index in [9.17, 15) is 14.0 Å². The second-order valence-electron chi connectivity index (χ2n) is 4.02. The molecule has 3 nitrogen and oxygen atoms in total. The highest BCUT2D eigenvalue weighted by molar-refractivity contribution is 5.90. The summed E-state index contributed by atoms with van der Waals surface area (Å²) in [5, 5.41) is 0. The molecule has 1 aromatic rings. The monoisotopic (exact) mass is 224 g/mol. The molecule has 0 aliphatic rings. The van der Waals surface area contributed by atoms with Gasteiger partial charge in [0.25, 0.3) is 0 Å². The van der Waals surface area contributed by atoms with Gasteiger partial charge in [-0.3, -0.25) is 4.79 Å². The van der Waals surface area contributed by atoms with E-state index in [2.05, 4.69) is 0 Å². The van der Waals surface area contributed by atoms with Gasteiger partial charge in [-0.25, -0.2) is 9.18 Å². The number of aldehydes is 1. The smallest absolute Gasteiger partial charge is 0.338 e. The zero-order chi connectivity index (χ0) is 12.2. The van der Waals surface area contributed by atoms with Gasteiger partial charge in [-0.1, -0.05) is 12.1 Å². The quantitative estimate of drug-likeness (QED) is 0.582. The fourth-order valence-corrected chi connectivity index (χ4v) is 1.03. The second-order valence-corrected chi connectivity index (χ2v) is 4.02. The molecule has 0 amide bonds. The topological polar surface area (TPSA) is 43.4 Å². The highest BCUT2D eigenvalue weighted by Gasteiger charge is 2.23. The van der Waals surface area contributed by atoms with Gasteiger partial charge in [0.1, 0.15) is 18.6 Å². The van der Waals surface area contributed by atoms with Gasteiger partial charge in [-0.2, -0.15) is 0 Å². The number of esters is 1. The van der Waals surface area contributed by atoms with Crippen molar-refractivity contribution in [2.24, 2.45) is 0 Å². The largest absolute Gasteiger partial charge is 0.453 e. The Bertz CT molecular complexity index is 382. The molecular weight excluding hydrogens is 211 g/mol. The van der Waals surface area contributed by atoms with E-state index in [4.69, 9.17) is 4.74 Å². The number of alkyl halides is 1. The minimum absolute atomic E-state index is 0.298. The molecule has 0 atom stereocenters. The van der Waals surface area contributed by atoms with E-state index in [0.29, 0.717) is 17.4 Å². The lowest BCUT2D eigenvalue weighted by molar-refractivity contribution is -0.0113. The van der Waals surface area contributed by atoms with Crippen molar-refractivity contribution in [2.75, 3.05) is 6.67 Å². The van der Waals surface area contributed by atoms with Crippen LogP contribution in [0.2, 0.25) is 0 Å². The number of halogens is 1. The lowest BCUT2D eigenvalue weighted by Gasteiger charge is -2.21.